The third-order valence-corrected chi connectivity index (χ3v) is 7.49. The van der Waals surface area contributed by atoms with Crippen molar-refractivity contribution in [3.63, 3.8) is 0 Å². The Morgan fingerprint density at radius 1 is 1.17 bits per heavy atom. The van der Waals surface area contributed by atoms with E-state index in [0.717, 1.165) is 22.3 Å². The smallest absolute Gasteiger partial charge is 0.407 e. The van der Waals surface area contributed by atoms with Crippen molar-refractivity contribution < 1.29 is 24.2 Å². The van der Waals surface area contributed by atoms with Gasteiger partial charge < -0.3 is 20.1 Å². The number of likely N-dealkylation sites (tertiary alicyclic amines) is 1. The van der Waals surface area contributed by atoms with E-state index in [0.29, 0.717) is 19.4 Å². The van der Waals surface area contributed by atoms with Crippen LogP contribution in [-0.4, -0.2) is 53.7 Å². The van der Waals surface area contributed by atoms with E-state index in [-0.39, 0.29) is 30.9 Å². The number of carboxylic acids is 1. The van der Waals surface area contributed by atoms with Crippen LogP contribution >= 0.6 is 0 Å². The number of amides is 2. The highest BCUT2D eigenvalue weighted by atomic mass is 16.5. The fraction of sp³-hybridized carbons (Fsp3) is 0.393. The van der Waals surface area contributed by atoms with Gasteiger partial charge in [0.05, 0.1) is 5.41 Å². The molecule has 3 atom stereocenters. The van der Waals surface area contributed by atoms with Gasteiger partial charge in [-0.15, -0.1) is 6.58 Å². The van der Waals surface area contributed by atoms with Crippen LogP contribution in [0.1, 0.15) is 43.7 Å². The molecule has 7 nitrogen and oxygen atoms in total. The molecule has 0 bridgehead atoms. The second-order valence-electron chi connectivity index (χ2n) is 9.73. The number of nitrogens with zero attached hydrogens (tertiary/aromatic N) is 1. The molecule has 1 aliphatic heterocycles. The Bertz CT molecular complexity index is 1100. The van der Waals surface area contributed by atoms with Crippen LogP contribution in [0.3, 0.4) is 0 Å². The van der Waals surface area contributed by atoms with Gasteiger partial charge in [0, 0.05) is 19.0 Å². The summed E-state index contributed by atoms with van der Waals surface area (Å²) in [5, 5.41) is 12.4. The minimum absolute atomic E-state index is 0.0776. The number of rotatable bonds is 8. The summed E-state index contributed by atoms with van der Waals surface area (Å²) in [5.41, 5.74) is 3.49. The first-order valence-electron chi connectivity index (χ1n) is 12.0. The zero-order valence-electron chi connectivity index (χ0n) is 20.2. The van der Waals surface area contributed by atoms with Gasteiger partial charge in [-0.25, -0.2) is 4.79 Å². The quantitative estimate of drug-likeness (QED) is 0.550. The summed E-state index contributed by atoms with van der Waals surface area (Å²) < 4.78 is 5.62. The summed E-state index contributed by atoms with van der Waals surface area (Å²) in [7, 11) is 0. The summed E-state index contributed by atoms with van der Waals surface area (Å²) in [6, 6.07) is 15.4. The van der Waals surface area contributed by atoms with E-state index in [1.54, 1.807) is 13.0 Å². The maximum absolute atomic E-state index is 13.3. The van der Waals surface area contributed by atoms with Crippen molar-refractivity contribution in [2.24, 2.45) is 11.3 Å². The Hall–Kier alpha value is -3.61. The topological polar surface area (TPSA) is 95.9 Å². The number of nitrogens with one attached hydrogen (secondary N) is 1. The molecule has 1 heterocycles. The van der Waals surface area contributed by atoms with E-state index >= 15 is 0 Å². The Balaban J connectivity index is 1.43. The highest BCUT2D eigenvalue weighted by Crippen LogP contribution is 2.44. The molecule has 0 aromatic heterocycles. The van der Waals surface area contributed by atoms with E-state index in [2.05, 4.69) is 24.0 Å². The fourth-order valence-electron chi connectivity index (χ4n) is 5.14. The monoisotopic (exact) mass is 476 g/mol. The zero-order valence-corrected chi connectivity index (χ0v) is 20.2. The first-order chi connectivity index (χ1) is 16.8. The van der Waals surface area contributed by atoms with Gasteiger partial charge >= 0.3 is 12.1 Å². The molecule has 1 aliphatic carbocycles. The number of ether oxygens (including phenoxy) is 1. The lowest BCUT2D eigenvalue weighted by Crippen LogP contribution is -2.49. The van der Waals surface area contributed by atoms with Crippen LogP contribution < -0.4 is 5.32 Å². The van der Waals surface area contributed by atoms with Gasteiger partial charge in [0.25, 0.3) is 0 Å². The molecule has 2 aromatic rings. The van der Waals surface area contributed by atoms with Crippen LogP contribution in [0.25, 0.3) is 11.1 Å². The molecule has 1 saturated heterocycles. The van der Waals surface area contributed by atoms with Crippen molar-refractivity contribution >= 4 is 18.0 Å². The van der Waals surface area contributed by atoms with E-state index in [4.69, 9.17) is 4.74 Å². The molecule has 35 heavy (non-hydrogen) atoms. The number of aliphatic carboxylic acids is 1. The maximum Gasteiger partial charge on any atom is 0.407 e. The number of hydrogen-bond donors (Lipinski definition) is 2. The van der Waals surface area contributed by atoms with Crippen molar-refractivity contribution in [1.82, 2.24) is 10.2 Å². The number of fused-ring (bicyclic) bond motifs is 3. The van der Waals surface area contributed by atoms with Crippen LogP contribution in [-0.2, 0) is 14.3 Å². The Morgan fingerprint density at radius 3 is 2.31 bits per heavy atom. The molecule has 2 aromatic carbocycles. The number of allylic oxidation sites excluding steroid dienone is 1. The zero-order chi connectivity index (χ0) is 25.2. The normalized spacial score (nSPS) is 21.7. The molecule has 0 spiro atoms. The molecule has 1 fully saturated rings. The lowest BCUT2D eigenvalue weighted by molar-refractivity contribution is -0.149. The summed E-state index contributed by atoms with van der Waals surface area (Å²) in [5.74, 6) is -1.49. The van der Waals surface area contributed by atoms with E-state index in [1.807, 2.05) is 43.3 Å². The van der Waals surface area contributed by atoms with Crippen molar-refractivity contribution in [2.45, 2.75) is 38.6 Å². The van der Waals surface area contributed by atoms with Gasteiger partial charge in [0.15, 0.2) is 0 Å². The van der Waals surface area contributed by atoms with Crippen molar-refractivity contribution in [3.8, 4) is 11.1 Å². The molecular weight excluding hydrogens is 444 g/mol. The van der Waals surface area contributed by atoms with E-state index in [9.17, 15) is 19.5 Å². The summed E-state index contributed by atoms with van der Waals surface area (Å²) in [6.07, 6.45) is 1.91. The number of benzene rings is 2. The molecule has 184 valence electrons. The molecule has 2 amide bonds. The van der Waals surface area contributed by atoms with E-state index < -0.39 is 23.5 Å². The van der Waals surface area contributed by atoms with Gasteiger partial charge in [-0.05, 0) is 47.9 Å². The highest BCUT2D eigenvalue weighted by Gasteiger charge is 2.48. The minimum atomic E-state index is -1.01. The summed E-state index contributed by atoms with van der Waals surface area (Å²) in [4.78, 5) is 39.4. The van der Waals surface area contributed by atoms with Crippen molar-refractivity contribution in [2.75, 3.05) is 19.7 Å². The Morgan fingerprint density at radius 2 is 1.77 bits per heavy atom. The largest absolute Gasteiger partial charge is 0.481 e. The summed E-state index contributed by atoms with van der Waals surface area (Å²) >= 11 is 0. The van der Waals surface area contributed by atoms with Crippen molar-refractivity contribution in [1.29, 1.82) is 0 Å². The van der Waals surface area contributed by atoms with Gasteiger partial charge in [0.2, 0.25) is 5.91 Å². The van der Waals surface area contributed by atoms with Crippen LogP contribution in [0.2, 0.25) is 0 Å². The lowest BCUT2D eigenvalue weighted by atomic mass is 9.81. The predicted octanol–water partition coefficient (Wildman–Crippen LogP) is 4.43. The second-order valence-corrected chi connectivity index (χ2v) is 9.73. The number of carbonyl (C=O) groups excluding carboxylic acids is 2. The van der Waals surface area contributed by atoms with Gasteiger partial charge in [-0.3, -0.25) is 9.59 Å². The van der Waals surface area contributed by atoms with Gasteiger partial charge in [0.1, 0.15) is 12.6 Å². The number of alkyl carbamates (subject to hydrolysis) is 1. The average molecular weight is 477 g/mol. The lowest BCUT2D eigenvalue weighted by Gasteiger charge is -2.25. The van der Waals surface area contributed by atoms with Crippen LogP contribution in [0, 0.1) is 11.3 Å². The molecule has 7 heteroatoms. The first-order valence-corrected chi connectivity index (χ1v) is 12.0. The van der Waals surface area contributed by atoms with Crippen LogP contribution in [0.15, 0.2) is 61.2 Å². The molecule has 2 aliphatic rings. The number of carboxylic acid groups (broad SMARTS) is 1. The Kier molecular flexibility index (Phi) is 6.96. The third-order valence-electron chi connectivity index (χ3n) is 7.49. The Labute approximate surface area is 205 Å². The van der Waals surface area contributed by atoms with Gasteiger partial charge in [-0.1, -0.05) is 61.5 Å². The SMILES string of the molecule is C=CCCC(NC(=O)OCC1c2ccccc2-c2ccccc21)C(=O)N1CC(C)C(C)(C(=O)O)C1. The standard InChI is InChI=1S/C28H32N2O5/c1-4-5-14-24(25(31)30-15-18(2)28(3,17-30)26(32)33)29-27(34)35-16-23-21-12-8-6-10-19(21)20-11-7-9-13-22(20)23/h4,6-13,18,23-24H,1,5,14-17H2,2-3H3,(H,29,34)(H,32,33). The molecule has 3 unspecified atom stereocenters. The van der Waals surface area contributed by atoms with Crippen LogP contribution in [0.4, 0.5) is 4.79 Å². The molecule has 0 radical (unpaired) electrons. The fourth-order valence-corrected chi connectivity index (χ4v) is 5.14. The molecule has 2 N–H and O–H groups in total. The molecule has 4 rings (SSSR count). The third kappa shape index (κ3) is 4.67. The summed E-state index contributed by atoms with van der Waals surface area (Å²) in [6.45, 7) is 7.80. The number of hydrogen-bond acceptors (Lipinski definition) is 4. The average Bonchev–Trinajstić information content (AvgIpc) is 3.34. The van der Waals surface area contributed by atoms with Crippen LogP contribution in [0.5, 0.6) is 0 Å². The number of carbonyl (C=O) groups is 3. The minimum Gasteiger partial charge on any atom is -0.481 e. The highest BCUT2D eigenvalue weighted by molar-refractivity contribution is 5.87. The molecular formula is C28H32N2O5. The van der Waals surface area contributed by atoms with E-state index in [1.165, 1.54) is 4.90 Å². The maximum atomic E-state index is 13.3. The predicted molar refractivity (Wildman–Crippen MR) is 133 cm³/mol. The first kappa shape index (κ1) is 24.5. The van der Waals surface area contributed by atoms with Crippen molar-refractivity contribution in [3.05, 3.63) is 72.3 Å². The second kappa shape index (κ2) is 9.94. The molecule has 0 saturated carbocycles. The van der Waals surface area contributed by atoms with Gasteiger partial charge in [-0.2, -0.15) is 0 Å².